The molecule has 1 aromatic carbocycles. The van der Waals surface area contributed by atoms with Crippen molar-refractivity contribution < 1.29 is 4.79 Å². The first-order valence-electron chi connectivity index (χ1n) is 8.06. The average Bonchev–Trinajstić information content (AvgIpc) is 3.08. The monoisotopic (exact) mass is 331 g/mol. The summed E-state index contributed by atoms with van der Waals surface area (Å²) in [6, 6.07) is 9.68. The van der Waals surface area contributed by atoms with E-state index in [0.29, 0.717) is 16.8 Å². The molecule has 1 amide bonds. The number of para-hydroxylation sites is 1. The van der Waals surface area contributed by atoms with Gasteiger partial charge in [0.25, 0.3) is 0 Å². The Balaban J connectivity index is 1.49. The number of carbonyl (C=O) groups is 1. The van der Waals surface area contributed by atoms with Crippen LogP contribution in [-0.4, -0.2) is 38.4 Å². The Hall–Kier alpha value is -1.89. The normalized spacial score (nSPS) is 15.5. The number of benzene rings is 1. The second kappa shape index (κ2) is 8.10. The van der Waals surface area contributed by atoms with E-state index in [0.717, 1.165) is 12.2 Å². The van der Waals surface area contributed by atoms with Crippen LogP contribution in [-0.2, 0) is 4.79 Å². The van der Waals surface area contributed by atoms with Crippen LogP contribution in [0.2, 0.25) is 0 Å². The maximum Gasteiger partial charge on any atom is 0.230 e. The quantitative estimate of drug-likeness (QED) is 0.823. The van der Waals surface area contributed by atoms with Gasteiger partial charge in [0.1, 0.15) is 0 Å². The summed E-state index contributed by atoms with van der Waals surface area (Å²) in [6.45, 7) is 0.795. The van der Waals surface area contributed by atoms with E-state index in [-0.39, 0.29) is 5.91 Å². The van der Waals surface area contributed by atoms with E-state index in [1.54, 1.807) is 4.68 Å². The first-order valence-corrected chi connectivity index (χ1v) is 9.05. The SMILES string of the molecule is O=C(CSc1nnnn1-c1ccccc1)NCC1CCCCC1. The summed E-state index contributed by atoms with van der Waals surface area (Å²) in [5, 5.41) is 15.4. The molecule has 1 saturated carbocycles. The van der Waals surface area contributed by atoms with Crippen LogP contribution in [0, 0.1) is 5.92 Å². The zero-order valence-electron chi connectivity index (χ0n) is 13.0. The molecule has 3 rings (SSSR count). The molecule has 122 valence electrons. The third kappa shape index (κ3) is 4.54. The van der Waals surface area contributed by atoms with Crippen molar-refractivity contribution in [3.8, 4) is 5.69 Å². The zero-order valence-corrected chi connectivity index (χ0v) is 13.8. The number of aromatic nitrogens is 4. The van der Waals surface area contributed by atoms with Crippen LogP contribution >= 0.6 is 11.8 Å². The summed E-state index contributed by atoms with van der Waals surface area (Å²) in [4.78, 5) is 12.0. The molecule has 23 heavy (non-hydrogen) atoms. The minimum absolute atomic E-state index is 0.0446. The molecule has 0 spiro atoms. The average molecular weight is 331 g/mol. The largest absolute Gasteiger partial charge is 0.355 e. The van der Waals surface area contributed by atoms with Gasteiger partial charge in [-0.2, -0.15) is 4.68 Å². The Morgan fingerprint density at radius 2 is 2.00 bits per heavy atom. The molecule has 0 atom stereocenters. The van der Waals surface area contributed by atoms with Gasteiger partial charge < -0.3 is 5.32 Å². The van der Waals surface area contributed by atoms with Gasteiger partial charge >= 0.3 is 0 Å². The summed E-state index contributed by atoms with van der Waals surface area (Å²) in [5.41, 5.74) is 0.891. The molecule has 0 unspecified atom stereocenters. The van der Waals surface area contributed by atoms with E-state index in [1.807, 2.05) is 30.3 Å². The number of nitrogens with one attached hydrogen (secondary N) is 1. The molecule has 0 radical (unpaired) electrons. The lowest BCUT2D eigenvalue weighted by molar-refractivity contribution is -0.118. The van der Waals surface area contributed by atoms with Gasteiger partial charge in [-0.25, -0.2) is 0 Å². The number of hydrogen-bond acceptors (Lipinski definition) is 5. The molecule has 0 saturated heterocycles. The molecular weight excluding hydrogens is 310 g/mol. The standard InChI is InChI=1S/C16H21N5OS/c22-15(17-11-13-7-3-1-4-8-13)12-23-16-18-19-20-21(16)14-9-5-2-6-10-14/h2,5-6,9-10,13H,1,3-4,7-8,11-12H2,(H,17,22). The van der Waals surface area contributed by atoms with E-state index in [9.17, 15) is 4.79 Å². The lowest BCUT2D eigenvalue weighted by Crippen LogP contribution is -2.31. The number of carbonyl (C=O) groups excluding carboxylic acids is 1. The van der Waals surface area contributed by atoms with Crippen molar-refractivity contribution in [1.82, 2.24) is 25.5 Å². The van der Waals surface area contributed by atoms with Gasteiger partial charge in [0.2, 0.25) is 11.1 Å². The van der Waals surface area contributed by atoms with Crippen LogP contribution in [0.3, 0.4) is 0 Å². The van der Waals surface area contributed by atoms with Gasteiger partial charge in [0.05, 0.1) is 11.4 Å². The van der Waals surface area contributed by atoms with Gasteiger partial charge in [0.15, 0.2) is 0 Å². The van der Waals surface area contributed by atoms with Gasteiger partial charge in [-0.1, -0.05) is 49.2 Å². The first kappa shape index (κ1) is 16.0. The van der Waals surface area contributed by atoms with Crippen LogP contribution in [0.1, 0.15) is 32.1 Å². The van der Waals surface area contributed by atoms with Crippen molar-refractivity contribution in [2.75, 3.05) is 12.3 Å². The fourth-order valence-electron chi connectivity index (χ4n) is 2.83. The predicted molar refractivity (Wildman–Crippen MR) is 89.5 cm³/mol. The second-order valence-corrected chi connectivity index (χ2v) is 6.75. The van der Waals surface area contributed by atoms with E-state index < -0.39 is 0 Å². The fourth-order valence-corrected chi connectivity index (χ4v) is 3.55. The van der Waals surface area contributed by atoms with Gasteiger partial charge in [0, 0.05) is 6.54 Å². The number of rotatable bonds is 6. The number of amides is 1. The first-order chi connectivity index (χ1) is 11.3. The maximum atomic E-state index is 12.0. The Labute approximate surface area is 140 Å². The van der Waals surface area contributed by atoms with Crippen molar-refractivity contribution in [2.45, 2.75) is 37.3 Å². The highest BCUT2D eigenvalue weighted by Gasteiger charge is 2.15. The smallest absolute Gasteiger partial charge is 0.230 e. The second-order valence-electron chi connectivity index (χ2n) is 5.81. The summed E-state index contributed by atoms with van der Waals surface area (Å²) in [7, 11) is 0. The molecule has 6 nitrogen and oxygen atoms in total. The van der Waals surface area contributed by atoms with Crippen LogP contribution in [0.25, 0.3) is 5.69 Å². The Bertz CT molecular complexity index is 624. The molecule has 1 fully saturated rings. The number of nitrogens with zero attached hydrogens (tertiary/aromatic N) is 4. The lowest BCUT2D eigenvalue weighted by Gasteiger charge is -2.21. The number of hydrogen-bond donors (Lipinski definition) is 1. The molecule has 0 bridgehead atoms. The van der Waals surface area contributed by atoms with E-state index in [1.165, 1.54) is 43.9 Å². The van der Waals surface area contributed by atoms with Crippen molar-refractivity contribution >= 4 is 17.7 Å². The molecule has 1 N–H and O–H groups in total. The van der Waals surface area contributed by atoms with Crippen LogP contribution < -0.4 is 5.32 Å². The summed E-state index contributed by atoms with van der Waals surface area (Å²) in [6.07, 6.45) is 6.39. The number of thioether (sulfide) groups is 1. The highest BCUT2D eigenvalue weighted by Crippen LogP contribution is 2.23. The van der Waals surface area contributed by atoms with Gasteiger partial charge in [-0.05, 0) is 41.3 Å². The molecule has 2 aromatic rings. The topological polar surface area (TPSA) is 72.7 Å². The van der Waals surface area contributed by atoms with Crippen molar-refractivity contribution in [2.24, 2.45) is 5.92 Å². The number of tetrazole rings is 1. The summed E-state index contributed by atoms with van der Waals surface area (Å²) in [5.74, 6) is 1.02. The Kier molecular flexibility index (Phi) is 5.63. The molecule has 1 aliphatic rings. The third-order valence-electron chi connectivity index (χ3n) is 4.09. The molecule has 1 aliphatic carbocycles. The minimum Gasteiger partial charge on any atom is -0.355 e. The molecule has 0 aliphatic heterocycles. The highest BCUT2D eigenvalue weighted by molar-refractivity contribution is 7.99. The van der Waals surface area contributed by atoms with Gasteiger partial charge in [-0.3, -0.25) is 4.79 Å². The van der Waals surface area contributed by atoms with E-state index >= 15 is 0 Å². The lowest BCUT2D eigenvalue weighted by atomic mass is 9.89. The van der Waals surface area contributed by atoms with E-state index in [4.69, 9.17) is 0 Å². The molecule has 1 aromatic heterocycles. The summed E-state index contributed by atoms with van der Waals surface area (Å²) < 4.78 is 1.65. The van der Waals surface area contributed by atoms with Gasteiger partial charge in [-0.15, -0.1) is 5.10 Å². The Morgan fingerprint density at radius 3 is 2.78 bits per heavy atom. The van der Waals surface area contributed by atoms with Crippen molar-refractivity contribution in [1.29, 1.82) is 0 Å². The fraction of sp³-hybridized carbons (Fsp3) is 0.500. The Morgan fingerprint density at radius 1 is 1.22 bits per heavy atom. The molecular formula is C16H21N5OS. The minimum atomic E-state index is 0.0446. The van der Waals surface area contributed by atoms with Crippen molar-refractivity contribution in [3.05, 3.63) is 30.3 Å². The molecule has 1 heterocycles. The van der Waals surface area contributed by atoms with Crippen LogP contribution in [0.4, 0.5) is 0 Å². The van der Waals surface area contributed by atoms with Crippen LogP contribution in [0.5, 0.6) is 0 Å². The van der Waals surface area contributed by atoms with Crippen molar-refractivity contribution in [3.63, 3.8) is 0 Å². The van der Waals surface area contributed by atoms with Crippen LogP contribution in [0.15, 0.2) is 35.5 Å². The molecule has 7 heteroatoms. The third-order valence-corrected chi connectivity index (χ3v) is 5.01. The van der Waals surface area contributed by atoms with E-state index in [2.05, 4.69) is 20.8 Å². The maximum absolute atomic E-state index is 12.0. The summed E-state index contributed by atoms with van der Waals surface area (Å²) >= 11 is 1.36. The highest BCUT2D eigenvalue weighted by atomic mass is 32.2. The predicted octanol–water partition coefficient (Wildman–Crippen LogP) is 2.45. The zero-order chi connectivity index (χ0) is 15.9.